The van der Waals surface area contributed by atoms with Crippen molar-refractivity contribution in [2.75, 3.05) is 13.2 Å². The molecule has 2 unspecified atom stereocenters. The van der Waals surface area contributed by atoms with Crippen molar-refractivity contribution < 1.29 is 9.53 Å². The van der Waals surface area contributed by atoms with E-state index >= 15 is 0 Å². The predicted octanol–water partition coefficient (Wildman–Crippen LogP) is 1.98. The average Bonchev–Trinajstić information content (AvgIpc) is 3.04. The van der Waals surface area contributed by atoms with Crippen molar-refractivity contribution in [2.24, 2.45) is 5.92 Å². The van der Waals surface area contributed by atoms with E-state index < -0.39 is 0 Å². The highest BCUT2D eigenvalue weighted by molar-refractivity contribution is 5.88. The zero-order chi connectivity index (χ0) is 11.7. The van der Waals surface area contributed by atoms with Gasteiger partial charge in [0.2, 0.25) is 5.91 Å². The number of amides is 1. The van der Waals surface area contributed by atoms with Crippen molar-refractivity contribution in [3.63, 3.8) is 0 Å². The molecule has 2 aliphatic rings. The van der Waals surface area contributed by atoms with E-state index in [-0.39, 0.29) is 18.1 Å². The van der Waals surface area contributed by atoms with Gasteiger partial charge < -0.3 is 9.64 Å². The second kappa shape index (κ2) is 4.58. The van der Waals surface area contributed by atoms with E-state index in [9.17, 15) is 4.79 Å². The highest BCUT2D eigenvalue weighted by atomic mass is 16.5. The number of carbonyl (C=O) groups excluding carboxylic acids is 1. The minimum atomic E-state index is 0.159. The van der Waals surface area contributed by atoms with Crippen LogP contribution >= 0.6 is 0 Å². The molecule has 0 radical (unpaired) electrons. The smallest absolute Gasteiger partial charge is 0.246 e. The molecular formula is C13H21NO2. The molecule has 0 spiro atoms. The SMILES string of the molecule is C/C(=C\C(=O)N1CC(C)OCC1C)C1CC1. The van der Waals surface area contributed by atoms with Gasteiger partial charge in [0.05, 0.1) is 18.8 Å². The Kier molecular flexibility index (Phi) is 3.33. The van der Waals surface area contributed by atoms with Gasteiger partial charge >= 0.3 is 0 Å². The first kappa shape index (κ1) is 11.6. The molecule has 2 fully saturated rings. The molecule has 1 saturated carbocycles. The summed E-state index contributed by atoms with van der Waals surface area (Å²) in [7, 11) is 0. The number of morpholine rings is 1. The van der Waals surface area contributed by atoms with Crippen molar-refractivity contribution in [3.8, 4) is 0 Å². The van der Waals surface area contributed by atoms with Crippen LogP contribution in [0.1, 0.15) is 33.6 Å². The quantitative estimate of drug-likeness (QED) is 0.670. The molecule has 90 valence electrons. The number of hydrogen-bond donors (Lipinski definition) is 0. The van der Waals surface area contributed by atoms with Gasteiger partial charge in [-0.1, -0.05) is 5.57 Å². The number of ether oxygens (including phenoxy) is 1. The van der Waals surface area contributed by atoms with Gasteiger partial charge in [-0.3, -0.25) is 4.79 Å². The van der Waals surface area contributed by atoms with Crippen molar-refractivity contribution in [1.82, 2.24) is 4.90 Å². The van der Waals surface area contributed by atoms with Gasteiger partial charge in [0, 0.05) is 12.6 Å². The Morgan fingerprint density at radius 2 is 2.06 bits per heavy atom. The van der Waals surface area contributed by atoms with Crippen molar-refractivity contribution in [3.05, 3.63) is 11.6 Å². The van der Waals surface area contributed by atoms with Crippen LogP contribution < -0.4 is 0 Å². The highest BCUT2D eigenvalue weighted by Crippen LogP contribution is 2.36. The van der Waals surface area contributed by atoms with E-state index in [2.05, 4.69) is 6.92 Å². The molecule has 1 aliphatic carbocycles. The Labute approximate surface area is 97.5 Å². The molecule has 0 N–H and O–H groups in total. The summed E-state index contributed by atoms with van der Waals surface area (Å²) in [6, 6.07) is 0.201. The Morgan fingerprint density at radius 3 is 2.69 bits per heavy atom. The molecule has 1 amide bonds. The third kappa shape index (κ3) is 2.64. The zero-order valence-corrected chi connectivity index (χ0v) is 10.4. The summed E-state index contributed by atoms with van der Waals surface area (Å²) in [5.74, 6) is 0.838. The summed E-state index contributed by atoms with van der Waals surface area (Å²) in [4.78, 5) is 14.0. The predicted molar refractivity (Wildman–Crippen MR) is 63.1 cm³/mol. The maximum atomic E-state index is 12.1. The first-order valence-electron chi connectivity index (χ1n) is 6.18. The Morgan fingerprint density at radius 1 is 1.38 bits per heavy atom. The molecule has 1 aliphatic heterocycles. The summed E-state index contributed by atoms with van der Waals surface area (Å²) in [5.41, 5.74) is 1.25. The molecule has 16 heavy (non-hydrogen) atoms. The fourth-order valence-corrected chi connectivity index (χ4v) is 2.14. The van der Waals surface area contributed by atoms with Crippen molar-refractivity contribution >= 4 is 5.91 Å². The lowest BCUT2D eigenvalue weighted by atomic mass is 10.1. The van der Waals surface area contributed by atoms with Gasteiger partial charge in [0.25, 0.3) is 0 Å². The fourth-order valence-electron chi connectivity index (χ4n) is 2.14. The molecular weight excluding hydrogens is 202 g/mol. The van der Waals surface area contributed by atoms with Gasteiger partial charge in [-0.25, -0.2) is 0 Å². The normalized spacial score (nSPS) is 31.7. The fraction of sp³-hybridized carbons (Fsp3) is 0.769. The molecule has 3 heteroatoms. The lowest BCUT2D eigenvalue weighted by Crippen LogP contribution is -2.49. The standard InChI is InChI=1S/C13H21NO2/c1-9(12-4-5-12)6-13(15)14-7-11(3)16-8-10(14)2/h6,10-12H,4-5,7-8H2,1-3H3/b9-6+. The second-order valence-corrected chi connectivity index (χ2v) is 5.15. The minimum Gasteiger partial charge on any atom is -0.375 e. The van der Waals surface area contributed by atoms with Crippen LogP contribution in [-0.4, -0.2) is 36.1 Å². The zero-order valence-electron chi connectivity index (χ0n) is 10.4. The summed E-state index contributed by atoms with van der Waals surface area (Å²) in [6.45, 7) is 7.51. The van der Waals surface area contributed by atoms with Gasteiger partial charge in [0.1, 0.15) is 0 Å². The van der Waals surface area contributed by atoms with Crippen molar-refractivity contribution in [2.45, 2.75) is 45.8 Å². The first-order valence-corrected chi connectivity index (χ1v) is 6.18. The molecule has 2 atom stereocenters. The number of allylic oxidation sites excluding steroid dienone is 1. The topological polar surface area (TPSA) is 29.5 Å². The van der Waals surface area contributed by atoms with Crippen LogP contribution in [0.4, 0.5) is 0 Å². The number of hydrogen-bond acceptors (Lipinski definition) is 2. The summed E-state index contributed by atoms with van der Waals surface area (Å²) >= 11 is 0. The monoisotopic (exact) mass is 223 g/mol. The largest absolute Gasteiger partial charge is 0.375 e. The first-order chi connectivity index (χ1) is 7.58. The van der Waals surface area contributed by atoms with Crippen LogP contribution in [0, 0.1) is 5.92 Å². The Balaban J connectivity index is 1.99. The number of rotatable bonds is 2. The van der Waals surface area contributed by atoms with Gasteiger partial charge in [-0.15, -0.1) is 0 Å². The number of nitrogens with zero attached hydrogens (tertiary/aromatic N) is 1. The summed E-state index contributed by atoms with van der Waals surface area (Å²) < 4.78 is 5.52. The van der Waals surface area contributed by atoms with E-state index in [0.717, 1.165) is 0 Å². The maximum Gasteiger partial charge on any atom is 0.246 e. The molecule has 0 aromatic rings. The lowest BCUT2D eigenvalue weighted by molar-refractivity contribution is -0.137. The van der Waals surface area contributed by atoms with Crippen LogP contribution in [0.25, 0.3) is 0 Å². The third-order valence-corrected chi connectivity index (χ3v) is 3.46. The van der Waals surface area contributed by atoms with E-state index in [1.165, 1.54) is 18.4 Å². The Hall–Kier alpha value is -0.830. The van der Waals surface area contributed by atoms with Gasteiger partial charge in [0.15, 0.2) is 0 Å². The molecule has 1 heterocycles. The molecule has 2 rings (SSSR count). The number of carbonyl (C=O) groups is 1. The molecule has 0 aromatic heterocycles. The van der Waals surface area contributed by atoms with Crippen LogP contribution in [0.3, 0.4) is 0 Å². The minimum absolute atomic E-state index is 0.159. The molecule has 3 nitrogen and oxygen atoms in total. The van der Waals surface area contributed by atoms with Crippen LogP contribution in [0.15, 0.2) is 11.6 Å². The third-order valence-electron chi connectivity index (χ3n) is 3.46. The van der Waals surface area contributed by atoms with E-state index in [1.54, 1.807) is 0 Å². The van der Waals surface area contributed by atoms with E-state index in [0.29, 0.717) is 19.1 Å². The van der Waals surface area contributed by atoms with E-state index in [1.807, 2.05) is 24.8 Å². The van der Waals surface area contributed by atoms with Gasteiger partial charge in [-0.2, -0.15) is 0 Å². The van der Waals surface area contributed by atoms with Crippen LogP contribution in [0.2, 0.25) is 0 Å². The van der Waals surface area contributed by atoms with E-state index in [4.69, 9.17) is 4.74 Å². The molecule has 0 aromatic carbocycles. The second-order valence-electron chi connectivity index (χ2n) is 5.15. The average molecular weight is 223 g/mol. The highest BCUT2D eigenvalue weighted by Gasteiger charge is 2.28. The lowest BCUT2D eigenvalue weighted by Gasteiger charge is -2.36. The summed E-state index contributed by atoms with van der Waals surface area (Å²) in [5, 5.41) is 0. The van der Waals surface area contributed by atoms with Crippen LogP contribution in [-0.2, 0) is 9.53 Å². The maximum absolute atomic E-state index is 12.1. The van der Waals surface area contributed by atoms with Crippen LogP contribution in [0.5, 0.6) is 0 Å². The molecule has 1 saturated heterocycles. The Bertz CT molecular complexity index is 307. The van der Waals surface area contributed by atoms with Crippen molar-refractivity contribution in [1.29, 1.82) is 0 Å². The molecule has 0 bridgehead atoms. The summed E-state index contributed by atoms with van der Waals surface area (Å²) in [6.07, 6.45) is 4.50. The van der Waals surface area contributed by atoms with Gasteiger partial charge in [-0.05, 0) is 39.5 Å².